The number of nitrogens with zero attached hydrogens (tertiary/aromatic N) is 1. The van der Waals surface area contributed by atoms with Crippen molar-refractivity contribution in [3.8, 4) is 0 Å². The average Bonchev–Trinajstić information content (AvgIpc) is 3.41. The average molecular weight is 372 g/mol. The Morgan fingerprint density at radius 3 is 2.19 bits per heavy atom. The minimum atomic E-state index is -4.53. The number of carbonyl (C=O) groups is 3. The van der Waals surface area contributed by atoms with Gasteiger partial charge in [-0.25, -0.2) is 4.79 Å². The molecule has 1 aliphatic carbocycles. The number of alkyl halides is 3. The molecule has 6 nitrogen and oxygen atoms in total. The monoisotopic (exact) mass is 372 g/mol. The van der Waals surface area contributed by atoms with Crippen LogP contribution in [0, 0.1) is 5.92 Å². The van der Waals surface area contributed by atoms with Crippen molar-refractivity contribution in [2.24, 2.45) is 11.7 Å². The first kappa shape index (κ1) is 19.7. The molecule has 2 amide bonds. The second-order valence-electron chi connectivity index (χ2n) is 6.23. The number of halogens is 3. The number of carbonyl (C=O) groups excluding carboxylic acids is 3. The number of benzene rings is 1. The van der Waals surface area contributed by atoms with E-state index < -0.39 is 43.2 Å². The molecule has 1 aromatic rings. The van der Waals surface area contributed by atoms with E-state index in [-0.39, 0.29) is 17.0 Å². The van der Waals surface area contributed by atoms with Crippen LogP contribution in [0.5, 0.6) is 0 Å². The molecule has 1 unspecified atom stereocenters. The molecule has 142 valence electrons. The van der Waals surface area contributed by atoms with E-state index in [2.05, 4.69) is 0 Å². The Morgan fingerprint density at radius 1 is 1.19 bits per heavy atom. The summed E-state index contributed by atoms with van der Waals surface area (Å²) in [4.78, 5) is 35.8. The third kappa shape index (κ3) is 5.47. The van der Waals surface area contributed by atoms with Gasteiger partial charge in [0, 0.05) is 11.6 Å². The summed E-state index contributed by atoms with van der Waals surface area (Å²) >= 11 is 0. The molecule has 26 heavy (non-hydrogen) atoms. The Kier molecular flexibility index (Phi) is 5.89. The second-order valence-corrected chi connectivity index (χ2v) is 6.23. The molecule has 1 saturated carbocycles. The Hall–Kier alpha value is -2.58. The van der Waals surface area contributed by atoms with Gasteiger partial charge in [-0.05, 0) is 49.9 Å². The molecule has 2 rings (SSSR count). The fraction of sp³-hybridized carbons (Fsp3) is 0.471. The zero-order chi connectivity index (χ0) is 19.5. The van der Waals surface area contributed by atoms with Crippen LogP contribution in [0.1, 0.15) is 40.5 Å². The van der Waals surface area contributed by atoms with E-state index in [0.29, 0.717) is 4.90 Å². The maximum absolute atomic E-state index is 12.7. The number of rotatable bonds is 7. The van der Waals surface area contributed by atoms with E-state index >= 15 is 0 Å². The highest BCUT2D eigenvalue weighted by atomic mass is 19.4. The van der Waals surface area contributed by atoms with Crippen LogP contribution in [0.3, 0.4) is 0 Å². The number of hydrogen-bond acceptors (Lipinski definition) is 4. The molecule has 1 aromatic carbocycles. The maximum atomic E-state index is 12.7. The lowest BCUT2D eigenvalue weighted by molar-refractivity contribution is -0.167. The SMILES string of the molecule is CC(C1CC1)N(CC(F)(F)F)C(=O)COC(=O)c1ccc(C(N)=O)cc1. The third-order valence-electron chi connectivity index (χ3n) is 4.20. The van der Waals surface area contributed by atoms with Crippen molar-refractivity contribution < 1.29 is 32.3 Å². The van der Waals surface area contributed by atoms with Gasteiger partial charge in [-0.3, -0.25) is 9.59 Å². The van der Waals surface area contributed by atoms with Gasteiger partial charge in [-0.2, -0.15) is 13.2 Å². The van der Waals surface area contributed by atoms with E-state index in [1.54, 1.807) is 6.92 Å². The van der Waals surface area contributed by atoms with Crippen LogP contribution < -0.4 is 5.73 Å². The zero-order valence-corrected chi connectivity index (χ0v) is 14.1. The summed E-state index contributed by atoms with van der Waals surface area (Å²) in [7, 11) is 0. The number of ether oxygens (including phenoxy) is 1. The van der Waals surface area contributed by atoms with Gasteiger partial charge in [0.2, 0.25) is 5.91 Å². The minimum Gasteiger partial charge on any atom is -0.452 e. The molecule has 0 saturated heterocycles. The van der Waals surface area contributed by atoms with Gasteiger partial charge >= 0.3 is 12.1 Å². The summed E-state index contributed by atoms with van der Waals surface area (Å²) in [6.07, 6.45) is -2.99. The fourth-order valence-electron chi connectivity index (χ4n) is 2.55. The molecule has 2 N–H and O–H groups in total. The van der Waals surface area contributed by atoms with Crippen LogP contribution in [-0.2, 0) is 9.53 Å². The Balaban J connectivity index is 1.97. The van der Waals surface area contributed by atoms with Gasteiger partial charge in [0.05, 0.1) is 5.56 Å². The number of primary amides is 1. The van der Waals surface area contributed by atoms with Crippen LogP contribution in [0.2, 0.25) is 0 Å². The second kappa shape index (κ2) is 7.76. The predicted octanol–water partition coefficient (Wildman–Crippen LogP) is 2.13. The predicted molar refractivity (Wildman–Crippen MR) is 85.2 cm³/mol. The van der Waals surface area contributed by atoms with E-state index in [4.69, 9.17) is 10.5 Å². The van der Waals surface area contributed by atoms with Gasteiger partial charge < -0.3 is 15.4 Å². The summed E-state index contributed by atoms with van der Waals surface area (Å²) in [5.41, 5.74) is 5.33. The molecule has 0 spiro atoms. The lowest BCUT2D eigenvalue weighted by Gasteiger charge is -2.30. The first-order valence-corrected chi connectivity index (χ1v) is 8.01. The molecule has 1 atom stereocenters. The summed E-state index contributed by atoms with van der Waals surface area (Å²) in [6.45, 7) is -0.608. The summed E-state index contributed by atoms with van der Waals surface area (Å²) < 4.78 is 43.0. The van der Waals surface area contributed by atoms with Gasteiger partial charge in [0.15, 0.2) is 6.61 Å². The molecule has 0 heterocycles. The van der Waals surface area contributed by atoms with Gasteiger partial charge in [-0.1, -0.05) is 0 Å². The minimum absolute atomic E-state index is 0.0401. The van der Waals surface area contributed by atoms with Crippen molar-refractivity contribution in [2.75, 3.05) is 13.2 Å². The Morgan fingerprint density at radius 2 is 1.73 bits per heavy atom. The maximum Gasteiger partial charge on any atom is 0.406 e. The molecule has 0 bridgehead atoms. The van der Waals surface area contributed by atoms with E-state index in [1.165, 1.54) is 24.3 Å². The highest BCUT2D eigenvalue weighted by Gasteiger charge is 2.40. The summed E-state index contributed by atoms with van der Waals surface area (Å²) in [6, 6.07) is 4.62. The molecule has 0 aromatic heterocycles. The van der Waals surface area contributed by atoms with Crippen LogP contribution in [-0.4, -0.2) is 48.1 Å². The van der Waals surface area contributed by atoms with E-state index in [0.717, 1.165) is 12.8 Å². The molecule has 1 aliphatic rings. The van der Waals surface area contributed by atoms with Crippen molar-refractivity contribution in [3.05, 3.63) is 35.4 Å². The fourth-order valence-corrected chi connectivity index (χ4v) is 2.55. The Labute approximate surface area is 148 Å². The van der Waals surface area contributed by atoms with Crippen LogP contribution in [0.15, 0.2) is 24.3 Å². The third-order valence-corrected chi connectivity index (χ3v) is 4.20. The molecule has 0 radical (unpaired) electrons. The zero-order valence-electron chi connectivity index (χ0n) is 14.1. The first-order valence-electron chi connectivity index (χ1n) is 8.01. The molecule has 1 fully saturated rings. The van der Waals surface area contributed by atoms with Crippen molar-refractivity contribution in [1.82, 2.24) is 4.90 Å². The largest absolute Gasteiger partial charge is 0.452 e. The molecule has 0 aliphatic heterocycles. The van der Waals surface area contributed by atoms with Crippen molar-refractivity contribution in [1.29, 1.82) is 0 Å². The number of nitrogens with two attached hydrogens (primary N) is 1. The summed E-state index contributed by atoms with van der Waals surface area (Å²) in [5.74, 6) is -2.40. The van der Waals surface area contributed by atoms with Gasteiger partial charge in [-0.15, -0.1) is 0 Å². The van der Waals surface area contributed by atoms with Gasteiger partial charge in [0.25, 0.3) is 5.91 Å². The lowest BCUT2D eigenvalue weighted by atomic mass is 10.1. The number of amides is 2. The van der Waals surface area contributed by atoms with E-state index in [9.17, 15) is 27.6 Å². The Bertz CT molecular complexity index is 684. The number of hydrogen-bond donors (Lipinski definition) is 1. The van der Waals surface area contributed by atoms with Crippen molar-refractivity contribution in [3.63, 3.8) is 0 Å². The van der Waals surface area contributed by atoms with Gasteiger partial charge in [0.1, 0.15) is 6.54 Å². The molecule has 9 heteroatoms. The van der Waals surface area contributed by atoms with Crippen molar-refractivity contribution >= 4 is 17.8 Å². The van der Waals surface area contributed by atoms with Crippen LogP contribution in [0.4, 0.5) is 13.2 Å². The highest BCUT2D eigenvalue weighted by molar-refractivity contribution is 5.95. The van der Waals surface area contributed by atoms with E-state index in [1.807, 2.05) is 0 Å². The highest BCUT2D eigenvalue weighted by Crippen LogP contribution is 2.36. The topological polar surface area (TPSA) is 89.7 Å². The molecular weight excluding hydrogens is 353 g/mol. The standard InChI is InChI=1S/C17H19F3N2O4/c1-10(11-2-3-11)22(9-17(18,19)20)14(23)8-26-16(25)13-6-4-12(5-7-13)15(21)24/h4-7,10-11H,2-3,8-9H2,1H3,(H2,21,24). The number of esters is 1. The molecular formula is C17H19F3N2O4. The van der Waals surface area contributed by atoms with Crippen LogP contribution in [0.25, 0.3) is 0 Å². The smallest absolute Gasteiger partial charge is 0.406 e. The normalized spacial score (nSPS) is 15.2. The van der Waals surface area contributed by atoms with Crippen LogP contribution >= 0.6 is 0 Å². The lowest BCUT2D eigenvalue weighted by Crippen LogP contribution is -2.47. The first-order chi connectivity index (χ1) is 12.1. The quantitative estimate of drug-likeness (QED) is 0.743. The summed E-state index contributed by atoms with van der Waals surface area (Å²) in [5, 5.41) is 0. The van der Waals surface area contributed by atoms with Crippen molar-refractivity contribution in [2.45, 2.75) is 32.0 Å².